The van der Waals surface area contributed by atoms with Gasteiger partial charge in [0, 0.05) is 104 Å². The van der Waals surface area contributed by atoms with Gasteiger partial charge in [0.1, 0.15) is 46.1 Å². The Hall–Kier alpha value is -5.86. The third-order valence-corrected chi connectivity index (χ3v) is 36.0. The van der Waals surface area contributed by atoms with Crippen molar-refractivity contribution in [2.45, 2.75) is 488 Å². The van der Waals surface area contributed by atoms with Crippen molar-refractivity contribution >= 4 is 0 Å². The lowest BCUT2D eigenvalue weighted by molar-refractivity contribution is -0.189. The van der Waals surface area contributed by atoms with Crippen LogP contribution in [0.15, 0.2) is 103 Å². The fraction of sp³-hybridized carbons (Fsp3) is 0.717. The number of likely N-dealkylation sites (tertiary alicyclic amines) is 5. The number of piperidine rings is 5. The van der Waals surface area contributed by atoms with Crippen molar-refractivity contribution in [1.29, 1.82) is 0 Å². The highest BCUT2D eigenvalue weighted by Crippen LogP contribution is 2.69. The minimum atomic E-state index is -0.803. The molecule has 5 saturated heterocycles. The molecule has 6 unspecified atom stereocenters. The predicted octanol–water partition coefficient (Wildman–Crippen LogP) is 26.2. The Morgan fingerprint density at radius 2 is 0.826 bits per heavy atom. The Labute approximate surface area is 801 Å². The molecular weight excluding hydrogens is 1620 g/mol. The number of aliphatic hydroxyl groups is 1. The first-order valence-electron chi connectivity index (χ1n) is 52.8. The molecule has 8 fully saturated rings. The van der Waals surface area contributed by atoms with Gasteiger partial charge in [-0.3, -0.25) is 24.5 Å². The Morgan fingerprint density at radius 3 is 1.33 bits per heavy atom. The van der Waals surface area contributed by atoms with Crippen LogP contribution < -0.4 is 28.4 Å². The van der Waals surface area contributed by atoms with Crippen LogP contribution in [0, 0.1) is 29.6 Å². The topological polar surface area (TPSA) is 91.8 Å². The summed E-state index contributed by atoms with van der Waals surface area (Å²) in [6.45, 7) is 85.3. The van der Waals surface area contributed by atoms with Gasteiger partial charge in [0.25, 0.3) is 0 Å². The van der Waals surface area contributed by atoms with E-state index in [-0.39, 0.29) is 84.6 Å². The van der Waals surface area contributed by atoms with Gasteiger partial charge < -0.3 is 33.5 Å². The molecule has 16 aliphatic rings. The molecule has 726 valence electrons. The lowest BCUT2D eigenvalue weighted by Gasteiger charge is -2.65. The maximum absolute atomic E-state index is 12.4. The van der Waals surface area contributed by atoms with E-state index in [0.29, 0.717) is 46.7 Å². The van der Waals surface area contributed by atoms with E-state index in [9.17, 15) is 5.11 Å². The van der Waals surface area contributed by atoms with Crippen LogP contribution >= 0.6 is 0 Å². The number of nitrogens with zero attached hydrogens (tertiary/aromatic N) is 5. The summed E-state index contributed by atoms with van der Waals surface area (Å²) in [6, 6.07) is 32.9. The van der Waals surface area contributed by atoms with Crippen LogP contribution in [0.4, 0.5) is 0 Å². The summed E-state index contributed by atoms with van der Waals surface area (Å²) >= 11 is 0. The average Bonchev–Trinajstić information content (AvgIpc) is 1.49. The fourth-order valence-corrected chi connectivity index (χ4v) is 30.6. The van der Waals surface area contributed by atoms with Crippen LogP contribution in [-0.2, 0) is 64.6 Å². The maximum atomic E-state index is 12.4. The minimum absolute atomic E-state index is 0.0149. The molecule has 2 spiro atoms. The summed E-state index contributed by atoms with van der Waals surface area (Å²) in [7, 11) is 0. The van der Waals surface area contributed by atoms with Crippen LogP contribution in [0.5, 0.6) is 34.5 Å². The highest BCUT2D eigenvalue weighted by Gasteiger charge is 2.73. The molecule has 3 saturated carbocycles. The van der Waals surface area contributed by atoms with Crippen LogP contribution in [0.1, 0.15) is 386 Å². The molecule has 0 aromatic heterocycles. The van der Waals surface area contributed by atoms with E-state index in [2.05, 4.69) is 351 Å². The quantitative estimate of drug-likeness (QED) is 0.174. The second-order valence-electron chi connectivity index (χ2n) is 55.0. The normalized spacial score (nSPS) is 33.7. The van der Waals surface area contributed by atoms with E-state index in [0.717, 1.165) is 103 Å². The summed E-state index contributed by atoms with van der Waals surface area (Å²) in [5, 5.41) is 12.4. The largest absolute Gasteiger partial charge is 0.488 e. The second-order valence-corrected chi connectivity index (χ2v) is 55.0. The lowest BCUT2D eigenvalue weighted by atomic mass is 9.48. The van der Waals surface area contributed by atoms with Crippen molar-refractivity contribution in [2.75, 3.05) is 32.7 Å². The zero-order chi connectivity index (χ0) is 95.7. The molecule has 7 heterocycles. The Morgan fingerprint density at radius 1 is 0.402 bits per heavy atom. The molecule has 18 atom stereocenters. The third kappa shape index (κ3) is 17.0. The number of fused-ring (bicyclic) bond motifs is 6. The van der Waals surface area contributed by atoms with Crippen LogP contribution in [0.3, 0.4) is 0 Å². The standard InChI is InChI=1S/C25H35NO3.C25H35NO2.C24H37NO.C24H37N.C22H35NO/c1-15-10-11-25(27)18-14-16-8-9-17(29-23(5,6)7)20-19(16)24(25,21(15)28-20)12-13-26(18)22(2,3)4;1-15-8-10-17-18-14-16-9-11-19(28-24(5,6)7)21-20(16)25(17,22(15)27-21)12-13-26(18)23(2,3)4;1-22(2,3)25-14-13-24-12-8-7-9-19(24)21(25)15-17-10-11-18(16-20(17)24)26-23(4,5)6;1-22(2,3)18-11-10-17-15-21-19-9-7-8-12-24(19,20(17)16-18)13-14-25(21)23(4,5)6;1-15-19-13-16-9-10-17(24-21(5,6)7)14-18(16)22(15,8)11-12-23(19)20(2,3)4/h8-9,18,21,27H,1,10-14H2,2-7H3;8-11,15,17-18,22H,12-14H2,1-7H3;10-11,16,19,21H,7-9,12-15H2,1-6H3;10-11,16,19,21H,7-9,12-15H2,1-6H3;9-10,14-15,19H,11-13H2,1-8H3/t18-,21+,24+,25-;15-,17?,18+,22-,25-;2*19?,21-,24?;15-,19?,22+/m10000/s1. The van der Waals surface area contributed by atoms with Gasteiger partial charge in [0.2, 0.25) is 0 Å². The van der Waals surface area contributed by atoms with Gasteiger partial charge in [-0.25, -0.2) is 0 Å². The number of hydrogen-bond donors (Lipinski definition) is 1. The van der Waals surface area contributed by atoms with Gasteiger partial charge in [0.15, 0.2) is 23.0 Å². The smallest absolute Gasteiger partial charge is 0.166 e. The number of ether oxygens (including phenoxy) is 6. The first-order valence-corrected chi connectivity index (χ1v) is 52.8. The Bertz CT molecular complexity index is 5180. The SMILES string of the molecule is C=C1CC[C@@]2(O)[C@H]3Cc4ccc(OC(C)(C)C)c5c4[C@@]2(CCN3C(C)(C)C)[C@H]1O5.CC(C)(C)Oc1ccc2c(c1)C13CCCCC1[C@H](C2)N(C(C)(C)C)CC3.CC(C)(C)c1ccc2c(c1)C13CCCCC1[C@H](C2)N(C(C)(C)C)CC3.C[C@H]1C2Cc3ccc(OC(C)(C)C)cc3[C@]1(C)CCN2C(C)(C)C.C[C@H]1C=CC2[C@H]3Cc4ccc(OC(C)(C)C)c5c4[C@@]2(CCN3C(C)(C)C)[C@H]1O5. The highest BCUT2D eigenvalue weighted by molar-refractivity contribution is 5.66. The van der Waals surface area contributed by atoms with Crippen molar-refractivity contribution in [2.24, 2.45) is 29.6 Å². The van der Waals surface area contributed by atoms with Gasteiger partial charge in [-0.2, -0.15) is 0 Å². The molecule has 1 N–H and O–H groups in total. The van der Waals surface area contributed by atoms with Crippen LogP contribution in [0.25, 0.3) is 0 Å². The van der Waals surface area contributed by atoms with E-state index in [1.54, 1.807) is 22.3 Å². The summed E-state index contributed by atoms with van der Waals surface area (Å²) < 4.78 is 38.5. The molecule has 10 bridgehead atoms. The minimum Gasteiger partial charge on any atom is -0.488 e. The van der Waals surface area contributed by atoms with Gasteiger partial charge in [0.05, 0.1) is 11.0 Å². The lowest BCUT2D eigenvalue weighted by Crippen LogP contribution is -2.77. The molecule has 9 aliphatic carbocycles. The first-order chi connectivity index (χ1) is 61.1. The number of rotatable bonds is 4. The van der Waals surface area contributed by atoms with E-state index >= 15 is 0 Å². The van der Waals surface area contributed by atoms with E-state index in [1.807, 2.05) is 0 Å². The molecule has 132 heavy (non-hydrogen) atoms. The maximum Gasteiger partial charge on any atom is 0.166 e. The average molecular weight is 1800 g/mol. The van der Waals surface area contributed by atoms with Gasteiger partial charge in [-0.1, -0.05) is 128 Å². The molecule has 12 heteroatoms. The second kappa shape index (κ2) is 33.2. The molecule has 7 aliphatic heterocycles. The zero-order valence-electron chi connectivity index (χ0n) is 89.1. The first kappa shape index (κ1) is 97.8. The summed E-state index contributed by atoms with van der Waals surface area (Å²) in [5.74, 6) is 9.02. The monoisotopic (exact) mass is 1800 g/mol. The van der Waals surface area contributed by atoms with Gasteiger partial charge in [-0.15, -0.1) is 0 Å². The molecular formula is C120H179N5O7. The predicted molar refractivity (Wildman–Crippen MR) is 546 cm³/mol. The van der Waals surface area contributed by atoms with E-state index < -0.39 is 11.0 Å². The number of benzene rings is 5. The van der Waals surface area contributed by atoms with Crippen molar-refractivity contribution in [1.82, 2.24) is 24.5 Å². The highest BCUT2D eigenvalue weighted by atomic mass is 16.6. The van der Waals surface area contributed by atoms with E-state index in [4.69, 9.17) is 28.4 Å². The number of hydrogen-bond acceptors (Lipinski definition) is 12. The molecule has 0 amide bonds. The van der Waals surface area contributed by atoms with Crippen molar-refractivity contribution in [3.8, 4) is 34.5 Å². The molecule has 0 radical (unpaired) electrons. The fourth-order valence-electron chi connectivity index (χ4n) is 30.6. The molecule has 21 rings (SSSR count). The van der Waals surface area contributed by atoms with E-state index in [1.165, 1.54) is 155 Å². The Balaban J connectivity index is 0.000000115. The van der Waals surface area contributed by atoms with Crippen molar-refractivity contribution in [3.05, 3.63) is 164 Å². The Kier molecular flexibility index (Phi) is 24.6. The molecule has 5 aromatic rings. The van der Waals surface area contributed by atoms with Crippen molar-refractivity contribution in [3.63, 3.8) is 0 Å². The van der Waals surface area contributed by atoms with Gasteiger partial charge in [-0.05, 0) is 436 Å². The third-order valence-electron chi connectivity index (χ3n) is 36.0. The molecule has 12 nitrogen and oxygen atoms in total. The van der Waals surface area contributed by atoms with Crippen molar-refractivity contribution < 1.29 is 33.5 Å². The summed E-state index contributed by atoms with van der Waals surface area (Å²) in [4.78, 5) is 13.7. The summed E-state index contributed by atoms with van der Waals surface area (Å²) in [6.07, 6.45) is 29.5. The van der Waals surface area contributed by atoms with Crippen LogP contribution in [-0.4, -0.2) is 160 Å². The van der Waals surface area contributed by atoms with Gasteiger partial charge >= 0.3 is 0 Å². The molecule has 5 aromatic carbocycles. The van der Waals surface area contributed by atoms with Crippen LogP contribution in [0.2, 0.25) is 0 Å². The summed E-state index contributed by atoms with van der Waals surface area (Å²) in [5.41, 5.74) is 18.3. The zero-order valence-corrected chi connectivity index (χ0v) is 89.1.